The zero-order chi connectivity index (χ0) is 14.7. The van der Waals surface area contributed by atoms with Crippen LogP contribution in [0.2, 0.25) is 0 Å². The average Bonchev–Trinajstić information content (AvgIpc) is 2.51. The Morgan fingerprint density at radius 2 is 2.19 bits per heavy atom. The molecular formula is C18H28N2O. The number of hydrogen-bond acceptors (Lipinski definition) is 3. The highest BCUT2D eigenvalue weighted by Gasteiger charge is 2.29. The maximum absolute atomic E-state index is 6.06. The summed E-state index contributed by atoms with van der Waals surface area (Å²) in [6, 6.07) is 9.47. The van der Waals surface area contributed by atoms with Gasteiger partial charge in [0.25, 0.3) is 0 Å². The van der Waals surface area contributed by atoms with E-state index >= 15 is 0 Å². The highest BCUT2D eigenvalue weighted by atomic mass is 16.5. The van der Waals surface area contributed by atoms with Crippen molar-refractivity contribution in [2.75, 3.05) is 32.8 Å². The van der Waals surface area contributed by atoms with E-state index in [1.54, 1.807) is 0 Å². The third-order valence-electron chi connectivity index (χ3n) is 4.97. The molecule has 3 rings (SSSR count). The molecule has 1 N–H and O–H groups in total. The summed E-state index contributed by atoms with van der Waals surface area (Å²) in [4.78, 5) is 2.59. The molecule has 0 bridgehead atoms. The second kappa shape index (κ2) is 6.91. The largest absolute Gasteiger partial charge is 0.372 e. The number of likely N-dealkylation sites (tertiary alicyclic amines) is 1. The van der Waals surface area contributed by atoms with Gasteiger partial charge in [-0.2, -0.15) is 0 Å². The number of ether oxygens (including phenoxy) is 1. The molecule has 0 spiro atoms. The number of nitrogens with zero attached hydrogens (tertiary/aromatic N) is 1. The molecule has 1 saturated heterocycles. The highest BCUT2D eigenvalue weighted by Crippen LogP contribution is 2.29. The molecule has 3 atom stereocenters. The van der Waals surface area contributed by atoms with Gasteiger partial charge in [-0.25, -0.2) is 0 Å². The van der Waals surface area contributed by atoms with Gasteiger partial charge in [0.2, 0.25) is 0 Å². The normalized spacial score (nSPS) is 30.1. The number of rotatable bonds is 4. The second-order valence-electron chi connectivity index (χ2n) is 6.50. The highest BCUT2D eigenvalue weighted by molar-refractivity contribution is 5.31. The molecule has 3 unspecified atom stereocenters. The summed E-state index contributed by atoms with van der Waals surface area (Å²) in [6.45, 7) is 9.92. The van der Waals surface area contributed by atoms with E-state index in [-0.39, 0.29) is 6.10 Å². The smallest absolute Gasteiger partial charge is 0.0954 e. The first-order valence-corrected chi connectivity index (χ1v) is 8.43. The minimum atomic E-state index is 0.262. The molecular weight excluding hydrogens is 260 g/mol. The molecule has 0 aromatic heterocycles. The Bertz CT molecular complexity index is 462. The third kappa shape index (κ3) is 3.47. The van der Waals surface area contributed by atoms with Crippen molar-refractivity contribution in [2.24, 2.45) is 5.92 Å². The molecule has 1 aromatic rings. The van der Waals surface area contributed by atoms with E-state index in [1.807, 2.05) is 0 Å². The Kier molecular flexibility index (Phi) is 4.94. The monoisotopic (exact) mass is 288 g/mol. The third-order valence-corrected chi connectivity index (χ3v) is 4.97. The lowest BCUT2D eigenvalue weighted by atomic mass is 9.92. The van der Waals surface area contributed by atoms with E-state index in [9.17, 15) is 0 Å². The van der Waals surface area contributed by atoms with Gasteiger partial charge >= 0.3 is 0 Å². The van der Waals surface area contributed by atoms with Crippen molar-refractivity contribution in [3.63, 3.8) is 0 Å². The van der Waals surface area contributed by atoms with Gasteiger partial charge in [-0.05, 0) is 43.0 Å². The first-order valence-electron chi connectivity index (χ1n) is 8.43. The summed E-state index contributed by atoms with van der Waals surface area (Å²) in [5.41, 5.74) is 2.88. The van der Waals surface area contributed by atoms with E-state index in [4.69, 9.17) is 4.74 Å². The first kappa shape index (κ1) is 15.0. The summed E-state index contributed by atoms with van der Waals surface area (Å²) >= 11 is 0. The first-order chi connectivity index (χ1) is 10.3. The molecule has 3 nitrogen and oxygen atoms in total. The predicted molar refractivity (Wildman–Crippen MR) is 86.5 cm³/mol. The molecule has 1 aromatic carbocycles. The van der Waals surface area contributed by atoms with Gasteiger partial charge < -0.3 is 15.0 Å². The van der Waals surface area contributed by atoms with E-state index in [2.05, 4.69) is 48.3 Å². The van der Waals surface area contributed by atoms with E-state index in [1.165, 1.54) is 30.6 Å². The maximum Gasteiger partial charge on any atom is 0.0954 e. The van der Waals surface area contributed by atoms with Crippen LogP contribution in [-0.2, 0) is 11.2 Å². The lowest BCUT2D eigenvalue weighted by Gasteiger charge is -2.39. The molecule has 2 aliphatic rings. The van der Waals surface area contributed by atoms with Crippen molar-refractivity contribution in [1.82, 2.24) is 10.2 Å². The van der Waals surface area contributed by atoms with Gasteiger partial charge in [-0.15, -0.1) is 0 Å². The van der Waals surface area contributed by atoms with Crippen LogP contribution in [0.5, 0.6) is 0 Å². The van der Waals surface area contributed by atoms with Crippen molar-refractivity contribution >= 4 is 0 Å². The van der Waals surface area contributed by atoms with Crippen LogP contribution < -0.4 is 5.32 Å². The van der Waals surface area contributed by atoms with E-state index < -0.39 is 0 Å². The molecule has 116 valence electrons. The fourth-order valence-electron chi connectivity index (χ4n) is 3.83. The molecule has 0 radical (unpaired) electrons. The van der Waals surface area contributed by atoms with Crippen molar-refractivity contribution in [3.8, 4) is 0 Å². The van der Waals surface area contributed by atoms with Crippen LogP contribution in [0.15, 0.2) is 24.3 Å². The fraction of sp³-hybridized carbons (Fsp3) is 0.667. The van der Waals surface area contributed by atoms with Crippen LogP contribution in [0.3, 0.4) is 0 Å². The Morgan fingerprint density at radius 1 is 1.33 bits per heavy atom. The predicted octanol–water partition coefficient (Wildman–Crippen LogP) is 2.62. The van der Waals surface area contributed by atoms with Crippen molar-refractivity contribution in [1.29, 1.82) is 0 Å². The van der Waals surface area contributed by atoms with Gasteiger partial charge in [0, 0.05) is 19.1 Å². The number of benzene rings is 1. The molecule has 0 amide bonds. The van der Waals surface area contributed by atoms with Gasteiger partial charge in [-0.3, -0.25) is 0 Å². The molecule has 2 aliphatic heterocycles. The number of fused-ring (bicyclic) bond motifs is 1. The topological polar surface area (TPSA) is 24.5 Å². The van der Waals surface area contributed by atoms with E-state index in [0.29, 0.717) is 6.04 Å². The maximum atomic E-state index is 6.06. The average molecular weight is 288 g/mol. The summed E-state index contributed by atoms with van der Waals surface area (Å²) in [7, 11) is 0. The van der Waals surface area contributed by atoms with Crippen LogP contribution in [0, 0.1) is 5.92 Å². The Labute approximate surface area is 128 Å². The number of piperidine rings is 1. The van der Waals surface area contributed by atoms with Gasteiger partial charge in [0.1, 0.15) is 0 Å². The van der Waals surface area contributed by atoms with E-state index in [0.717, 1.165) is 32.0 Å². The Hall–Kier alpha value is -0.900. The van der Waals surface area contributed by atoms with Crippen LogP contribution in [0.25, 0.3) is 0 Å². The molecule has 3 heteroatoms. The summed E-state index contributed by atoms with van der Waals surface area (Å²) in [5.74, 6) is 0.720. The summed E-state index contributed by atoms with van der Waals surface area (Å²) in [5, 5.41) is 3.62. The Morgan fingerprint density at radius 3 is 3.00 bits per heavy atom. The number of hydrogen-bond donors (Lipinski definition) is 1. The van der Waals surface area contributed by atoms with Crippen LogP contribution >= 0.6 is 0 Å². The lowest BCUT2D eigenvalue weighted by Crippen LogP contribution is -2.49. The minimum absolute atomic E-state index is 0.262. The van der Waals surface area contributed by atoms with Gasteiger partial charge in [0.15, 0.2) is 0 Å². The SMILES string of the molecule is CCNC1CCN(CC2OCCc3ccccc32)CC1C. The fourth-order valence-corrected chi connectivity index (χ4v) is 3.83. The van der Waals surface area contributed by atoms with Crippen LogP contribution in [0.4, 0.5) is 0 Å². The zero-order valence-electron chi connectivity index (χ0n) is 13.3. The van der Waals surface area contributed by atoms with Crippen LogP contribution in [-0.4, -0.2) is 43.7 Å². The molecule has 0 aliphatic carbocycles. The lowest BCUT2D eigenvalue weighted by molar-refractivity contribution is 0.00433. The Balaban J connectivity index is 1.61. The van der Waals surface area contributed by atoms with Gasteiger partial charge in [0.05, 0.1) is 12.7 Å². The van der Waals surface area contributed by atoms with Crippen LogP contribution in [0.1, 0.15) is 37.5 Å². The van der Waals surface area contributed by atoms with Gasteiger partial charge in [-0.1, -0.05) is 38.1 Å². The molecule has 21 heavy (non-hydrogen) atoms. The molecule has 2 heterocycles. The zero-order valence-corrected chi connectivity index (χ0v) is 13.3. The standard InChI is InChI=1S/C18H28N2O/c1-3-19-17-8-10-20(12-14(17)2)13-18-16-7-5-4-6-15(16)9-11-21-18/h4-7,14,17-19H,3,8-13H2,1-2H3. The summed E-state index contributed by atoms with van der Waals surface area (Å²) < 4.78 is 6.06. The summed E-state index contributed by atoms with van der Waals surface area (Å²) in [6.07, 6.45) is 2.58. The van der Waals surface area contributed by atoms with Crippen molar-refractivity contribution in [2.45, 2.75) is 38.8 Å². The number of nitrogens with one attached hydrogen (secondary N) is 1. The van der Waals surface area contributed by atoms with Crippen molar-refractivity contribution in [3.05, 3.63) is 35.4 Å². The minimum Gasteiger partial charge on any atom is -0.372 e. The molecule has 1 fully saturated rings. The molecule has 0 saturated carbocycles. The quantitative estimate of drug-likeness (QED) is 0.922. The van der Waals surface area contributed by atoms with Crippen molar-refractivity contribution < 1.29 is 4.74 Å². The second-order valence-corrected chi connectivity index (χ2v) is 6.50.